The standard InChI is InChI=1S/C27H26F4N4O2/c1-17-24-21(33-32-19-7-4-6-18(16-19)27(29,30)31)9-5-11-23(24)37-25(17)26(36)35-14-12-34(13-15-35)22-10-3-2-8-20(22)28/h2-4,6-8,10,16,32H,5,9,11-15H2,1H3/b33-21+. The minimum atomic E-state index is -4.44. The van der Waals surface area contributed by atoms with Crippen LogP contribution < -0.4 is 10.3 Å². The monoisotopic (exact) mass is 514 g/mol. The first-order valence-corrected chi connectivity index (χ1v) is 12.1. The zero-order valence-electron chi connectivity index (χ0n) is 20.2. The first-order valence-electron chi connectivity index (χ1n) is 12.1. The van der Waals surface area contributed by atoms with Gasteiger partial charge in [0.25, 0.3) is 5.91 Å². The summed E-state index contributed by atoms with van der Waals surface area (Å²) < 4.78 is 59.3. The van der Waals surface area contributed by atoms with E-state index >= 15 is 0 Å². The molecule has 0 bridgehead atoms. The van der Waals surface area contributed by atoms with Crippen LogP contribution in [0.15, 0.2) is 58.0 Å². The predicted molar refractivity (Wildman–Crippen MR) is 133 cm³/mol. The zero-order chi connectivity index (χ0) is 26.2. The molecule has 1 aromatic heterocycles. The molecule has 0 atom stereocenters. The molecule has 1 aliphatic carbocycles. The number of hydrogen-bond acceptors (Lipinski definition) is 5. The highest BCUT2D eigenvalue weighted by atomic mass is 19.4. The first-order chi connectivity index (χ1) is 17.7. The van der Waals surface area contributed by atoms with Crippen molar-refractivity contribution in [3.63, 3.8) is 0 Å². The Balaban J connectivity index is 1.32. The highest BCUT2D eigenvalue weighted by Crippen LogP contribution is 2.33. The fourth-order valence-corrected chi connectivity index (χ4v) is 4.88. The quantitative estimate of drug-likeness (QED) is 0.350. The molecule has 3 aromatic rings. The van der Waals surface area contributed by atoms with Crippen molar-refractivity contribution in [2.45, 2.75) is 32.4 Å². The number of hydrazone groups is 1. The third kappa shape index (κ3) is 5.05. The molecule has 0 spiro atoms. The summed E-state index contributed by atoms with van der Waals surface area (Å²) >= 11 is 0. The SMILES string of the molecule is Cc1c(C(=O)N2CCN(c3ccccc3F)CC2)oc2c1/C(=N/Nc1cccc(C(F)(F)F)c1)CCC2. The van der Waals surface area contributed by atoms with Crippen LogP contribution in [0.3, 0.4) is 0 Å². The Kier molecular flexibility index (Phi) is 6.66. The van der Waals surface area contributed by atoms with Crippen LogP contribution in [0, 0.1) is 12.7 Å². The second-order valence-corrected chi connectivity index (χ2v) is 9.19. The summed E-state index contributed by atoms with van der Waals surface area (Å²) in [5.41, 5.74) is 4.77. The van der Waals surface area contributed by atoms with Gasteiger partial charge in [-0.25, -0.2) is 4.39 Å². The van der Waals surface area contributed by atoms with Gasteiger partial charge in [0, 0.05) is 43.7 Å². The highest BCUT2D eigenvalue weighted by molar-refractivity contribution is 6.06. The number of halogens is 4. The maximum Gasteiger partial charge on any atom is 0.416 e. The Bertz CT molecular complexity index is 1340. The molecular weight excluding hydrogens is 488 g/mol. The van der Waals surface area contributed by atoms with E-state index in [1.165, 1.54) is 18.2 Å². The number of carbonyl (C=O) groups is 1. The summed E-state index contributed by atoms with van der Waals surface area (Å²) in [5.74, 6) is 0.382. The Morgan fingerprint density at radius 3 is 2.51 bits per heavy atom. The Labute approximate surface area is 211 Å². The van der Waals surface area contributed by atoms with Crippen LogP contribution in [0.5, 0.6) is 0 Å². The summed E-state index contributed by atoms with van der Waals surface area (Å²) in [4.78, 5) is 17.0. The molecule has 1 aliphatic heterocycles. The smallest absolute Gasteiger partial charge is 0.416 e. The molecule has 2 heterocycles. The number of fused-ring (bicyclic) bond motifs is 1. The van der Waals surface area contributed by atoms with Gasteiger partial charge in [0.1, 0.15) is 11.6 Å². The van der Waals surface area contributed by atoms with E-state index in [9.17, 15) is 22.4 Å². The van der Waals surface area contributed by atoms with E-state index in [0.29, 0.717) is 61.7 Å². The minimum Gasteiger partial charge on any atom is -0.455 e. The maximum atomic E-state index is 14.2. The van der Waals surface area contributed by atoms with Gasteiger partial charge >= 0.3 is 6.18 Å². The van der Waals surface area contributed by atoms with E-state index in [-0.39, 0.29) is 23.2 Å². The van der Waals surface area contributed by atoms with Crippen molar-refractivity contribution in [2.24, 2.45) is 5.10 Å². The molecule has 1 saturated heterocycles. The van der Waals surface area contributed by atoms with E-state index in [0.717, 1.165) is 24.1 Å². The van der Waals surface area contributed by atoms with Crippen molar-refractivity contribution in [3.8, 4) is 0 Å². The number of rotatable bonds is 4. The molecule has 1 N–H and O–H groups in total. The largest absolute Gasteiger partial charge is 0.455 e. The normalized spacial score (nSPS) is 17.2. The number of amides is 1. The summed E-state index contributed by atoms with van der Waals surface area (Å²) in [6.07, 6.45) is -2.45. The van der Waals surface area contributed by atoms with E-state index < -0.39 is 11.7 Å². The number of nitrogens with zero attached hydrogens (tertiary/aromatic N) is 3. The Morgan fingerprint density at radius 1 is 1.03 bits per heavy atom. The predicted octanol–water partition coefficient (Wildman–Crippen LogP) is 5.86. The zero-order valence-corrected chi connectivity index (χ0v) is 20.2. The molecule has 2 aromatic carbocycles. The van der Waals surface area contributed by atoms with Crippen molar-refractivity contribution in [1.82, 2.24) is 4.90 Å². The van der Waals surface area contributed by atoms with Gasteiger partial charge < -0.3 is 14.2 Å². The number of benzene rings is 2. The average molecular weight is 515 g/mol. The summed E-state index contributed by atoms with van der Waals surface area (Å²) in [6.45, 7) is 3.65. The fraction of sp³-hybridized carbons (Fsp3) is 0.333. The molecule has 1 fully saturated rings. The van der Waals surface area contributed by atoms with Crippen molar-refractivity contribution in [2.75, 3.05) is 36.5 Å². The molecular formula is C27H26F4N4O2. The molecule has 37 heavy (non-hydrogen) atoms. The van der Waals surface area contributed by atoms with E-state index in [1.54, 1.807) is 30.0 Å². The van der Waals surface area contributed by atoms with Crippen molar-refractivity contribution in [3.05, 3.63) is 82.6 Å². The van der Waals surface area contributed by atoms with Gasteiger partial charge in [0.2, 0.25) is 0 Å². The average Bonchev–Trinajstić information content (AvgIpc) is 3.24. The van der Waals surface area contributed by atoms with E-state index in [2.05, 4.69) is 10.5 Å². The Morgan fingerprint density at radius 2 is 1.78 bits per heavy atom. The number of piperazine rings is 1. The number of hydrogen-bond donors (Lipinski definition) is 1. The van der Waals surface area contributed by atoms with Crippen molar-refractivity contribution in [1.29, 1.82) is 0 Å². The second kappa shape index (κ2) is 9.91. The second-order valence-electron chi connectivity index (χ2n) is 9.19. The lowest BCUT2D eigenvalue weighted by Gasteiger charge is -2.35. The van der Waals surface area contributed by atoms with Gasteiger partial charge in [0.15, 0.2) is 5.76 Å². The molecule has 0 saturated carbocycles. The first kappa shape index (κ1) is 24.9. The van der Waals surface area contributed by atoms with E-state index in [4.69, 9.17) is 4.42 Å². The van der Waals surface area contributed by atoms with Gasteiger partial charge in [-0.2, -0.15) is 18.3 Å². The summed E-state index contributed by atoms with van der Waals surface area (Å²) in [6, 6.07) is 11.4. The summed E-state index contributed by atoms with van der Waals surface area (Å²) in [5, 5.41) is 4.39. The van der Waals surface area contributed by atoms with Crippen LogP contribution in [0.4, 0.5) is 28.9 Å². The van der Waals surface area contributed by atoms with Gasteiger partial charge in [-0.15, -0.1) is 0 Å². The number of furan rings is 1. The molecule has 194 valence electrons. The van der Waals surface area contributed by atoms with Crippen molar-refractivity contribution >= 4 is 23.0 Å². The lowest BCUT2D eigenvalue weighted by atomic mass is 9.93. The third-order valence-electron chi connectivity index (χ3n) is 6.79. The minimum absolute atomic E-state index is 0.222. The molecule has 0 radical (unpaired) electrons. The van der Waals surface area contributed by atoms with Crippen LogP contribution in [0.2, 0.25) is 0 Å². The number of carbonyl (C=O) groups excluding carboxylic acids is 1. The summed E-state index contributed by atoms with van der Waals surface area (Å²) in [7, 11) is 0. The molecule has 0 unspecified atom stereocenters. The topological polar surface area (TPSA) is 61.1 Å². The van der Waals surface area contributed by atoms with Gasteiger partial charge in [-0.05, 0) is 50.1 Å². The molecule has 2 aliphatic rings. The van der Waals surface area contributed by atoms with Crippen LogP contribution in [0.1, 0.15) is 45.8 Å². The van der Waals surface area contributed by atoms with Gasteiger partial charge in [-0.3, -0.25) is 10.2 Å². The molecule has 6 nitrogen and oxygen atoms in total. The lowest BCUT2D eigenvalue weighted by molar-refractivity contribution is -0.137. The number of nitrogens with one attached hydrogen (secondary N) is 1. The fourth-order valence-electron chi connectivity index (χ4n) is 4.88. The number of aryl methyl sites for hydroxylation is 1. The molecule has 10 heteroatoms. The highest BCUT2D eigenvalue weighted by Gasteiger charge is 2.32. The Hall–Kier alpha value is -3.82. The van der Waals surface area contributed by atoms with Crippen molar-refractivity contribution < 1.29 is 26.8 Å². The van der Waals surface area contributed by atoms with Crippen LogP contribution in [-0.2, 0) is 12.6 Å². The number of anilines is 2. The third-order valence-corrected chi connectivity index (χ3v) is 6.79. The van der Waals surface area contributed by atoms with E-state index in [1.807, 2.05) is 4.90 Å². The van der Waals surface area contributed by atoms with Crippen LogP contribution in [-0.4, -0.2) is 42.7 Å². The van der Waals surface area contributed by atoms with Crippen LogP contribution >= 0.6 is 0 Å². The van der Waals surface area contributed by atoms with Gasteiger partial charge in [0.05, 0.1) is 22.6 Å². The maximum absolute atomic E-state index is 14.2. The number of para-hydroxylation sites is 1. The van der Waals surface area contributed by atoms with Crippen LogP contribution in [0.25, 0.3) is 0 Å². The lowest BCUT2D eigenvalue weighted by Crippen LogP contribution is -2.49. The molecule has 1 amide bonds. The number of alkyl halides is 3. The molecule has 5 rings (SSSR count). The van der Waals surface area contributed by atoms with Gasteiger partial charge in [-0.1, -0.05) is 18.2 Å².